The minimum atomic E-state index is -0.554. The number of halogens is 2. The first-order valence-electron chi connectivity index (χ1n) is 13.8. The second kappa shape index (κ2) is 14.4. The lowest BCUT2D eigenvalue weighted by Gasteiger charge is -2.36. The summed E-state index contributed by atoms with van der Waals surface area (Å²) in [5.74, 6) is 0.482. The molecule has 7 nitrogen and oxygen atoms in total. The van der Waals surface area contributed by atoms with Crippen LogP contribution in [0.2, 0.25) is 0 Å². The lowest BCUT2D eigenvalue weighted by Crippen LogP contribution is -2.86. The molecule has 0 aromatic heterocycles. The van der Waals surface area contributed by atoms with E-state index in [0.717, 1.165) is 37.1 Å². The molecule has 3 rings (SSSR count). The van der Waals surface area contributed by atoms with Gasteiger partial charge in [0.15, 0.2) is 0 Å². The number of carbonyl (C=O) groups is 3. The summed E-state index contributed by atoms with van der Waals surface area (Å²) < 4.78 is 16.5. The van der Waals surface area contributed by atoms with Crippen molar-refractivity contribution in [3.63, 3.8) is 0 Å². The lowest BCUT2D eigenvalue weighted by molar-refractivity contribution is -0.665. The normalized spacial score (nSPS) is 17.3. The van der Waals surface area contributed by atoms with Crippen LogP contribution in [0.5, 0.6) is 11.5 Å². The average molecular weight is 776 g/mol. The molecular weight excluding hydrogens is 736 g/mol. The van der Waals surface area contributed by atoms with Gasteiger partial charge in [0.2, 0.25) is 0 Å². The van der Waals surface area contributed by atoms with E-state index >= 15 is 0 Å². The van der Waals surface area contributed by atoms with E-state index in [9.17, 15) is 14.4 Å². The average Bonchev–Trinajstić information content (AvgIpc) is 2.92. The maximum Gasteiger partial charge on any atom is 0.323 e. The summed E-state index contributed by atoms with van der Waals surface area (Å²) in [4.78, 5) is 37.2. The SMILES string of the molecule is CC(I)C(=O)Oc1ccc(C(C)(CCC(=O)OC(C)(C)C2CC[NH2+]CC2)c2ccc(OC(=O)C(C)I)cc2)cc1. The van der Waals surface area contributed by atoms with E-state index in [4.69, 9.17) is 14.2 Å². The van der Waals surface area contributed by atoms with Gasteiger partial charge in [0.05, 0.1) is 13.1 Å². The monoisotopic (exact) mass is 776 g/mol. The molecule has 1 aliphatic rings. The van der Waals surface area contributed by atoms with Crippen molar-refractivity contribution in [1.29, 1.82) is 0 Å². The van der Waals surface area contributed by atoms with Gasteiger partial charge in [-0.25, -0.2) is 0 Å². The molecule has 2 unspecified atom stereocenters. The summed E-state index contributed by atoms with van der Waals surface area (Å²) in [6, 6.07) is 14.8. The summed E-state index contributed by atoms with van der Waals surface area (Å²) >= 11 is 4.05. The largest absolute Gasteiger partial charge is 0.459 e. The highest BCUT2D eigenvalue weighted by Gasteiger charge is 2.36. The van der Waals surface area contributed by atoms with Crippen LogP contribution in [0, 0.1) is 5.92 Å². The number of piperidine rings is 1. The fraction of sp³-hybridized carbons (Fsp3) is 0.516. The number of quaternary nitrogens is 1. The molecule has 0 aliphatic carbocycles. The Morgan fingerprint density at radius 1 is 0.825 bits per heavy atom. The zero-order chi connectivity index (χ0) is 29.5. The fourth-order valence-electron chi connectivity index (χ4n) is 5.03. The molecule has 9 heteroatoms. The Hall–Kier alpha value is -1.73. The number of alkyl halides is 2. The summed E-state index contributed by atoms with van der Waals surface area (Å²) in [6.45, 7) is 11.8. The van der Waals surface area contributed by atoms with Crippen LogP contribution in [0.4, 0.5) is 0 Å². The van der Waals surface area contributed by atoms with Crippen molar-refractivity contribution in [1.82, 2.24) is 0 Å². The minimum absolute atomic E-state index is 0.214. The number of benzene rings is 2. The van der Waals surface area contributed by atoms with Crippen LogP contribution >= 0.6 is 45.2 Å². The molecule has 0 saturated carbocycles. The molecule has 2 aromatic carbocycles. The zero-order valence-corrected chi connectivity index (χ0v) is 28.2. The first-order chi connectivity index (χ1) is 18.8. The second-order valence-electron chi connectivity index (χ2n) is 11.2. The third-order valence-electron chi connectivity index (χ3n) is 7.70. The van der Waals surface area contributed by atoms with Gasteiger partial charge in [0, 0.05) is 30.6 Å². The van der Waals surface area contributed by atoms with Gasteiger partial charge < -0.3 is 19.5 Å². The smallest absolute Gasteiger partial charge is 0.323 e. The van der Waals surface area contributed by atoms with Gasteiger partial charge in [-0.15, -0.1) is 0 Å². The highest BCUT2D eigenvalue weighted by molar-refractivity contribution is 14.1. The first kappa shape index (κ1) is 32.8. The highest BCUT2D eigenvalue weighted by atomic mass is 127. The van der Waals surface area contributed by atoms with E-state index in [-0.39, 0.29) is 32.2 Å². The number of rotatable bonds is 11. The quantitative estimate of drug-likeness (QED) is 0.140. The van der Waals surface area contributed by atoms with Gasteiger partial charge in [0.1, 0.15) is 24.9 Å². The van der Waals surface area contributed by atoms with Gasteiger partial charge in [-0.2, -0.15) is 0 Å². The topological polar surface area (TPSA) is 95.5 Å². The van der Waals surface area contributed by atoms with Crippen LogP contribution < -0.4 is 14.8 Å². The van der Waals surface area contributed by atoms with Gasteiger partial charge in [-0.3, -0.25) is 14.4 Å². The second-order valence-corrected chi connectivity index (χ2v) is 14.9. The molecule has 2 aromatic rings. The Morgan fingerprint density at radius 2 is 1.25 bits per heavy atom. The predicted molar refractivity (Wildman–Crippen MR) is 171 cm³/mol. The third kappa shape index (κ3) is 8.88. The van der Waals surface area contributed by atoms with Crippen molar-refractivity contribution in [3.8, 4) is 11.5 Å². The highest BCUT2D eigenvalue weighted by Crippen LogP contribution is 2.39. The van der Waals surface area contributed by atoms with Crippen molar-refractivity contribution in [3.05, 3.63) is 59.7 Å². The molecule has 218 valence electrons. The summed E-state index contributed by atoms with van der Waals surface area (Å²) in [7, 11) is 0. The molecular formula is C31H40I2NO6+. The number of hydrogen-bond acceptors (Lipinski definition) is 6. The van der Waals surface area contributed by atoms with Gasteiger partial charge in [-0.05, 0) is 69.5 Å². The number of nitrogens with two attached hydrogens (primary N) is 1. The Bertz CT molecular complexity index is 1090. The Kier molecular flexibility index (Phi) is 11.8. The Morgan fingerprint density at radius 3 is 1.65 bits per heavy atom. The van der Waals surface area contributed by atoms with Gasteiger partial charge in [0.25, 0.3) is 0 Å². The van der Waals surface area contributed by atoms with Crippen LogP contribution in [0.3, 0.4) is 0 Å². The van der Waals surface area contributed by atoms with E-state index < -0.39 is 11.0 Å². The van der Waals surface area contributed by atoms with Crippen LogP contribution in [0.25, 0.3) is 0 Å². The molecule has 40 heavy (non-hydrogen) atoms. The van der Waals surface area contributed by atoms with Crippen molar-refractivity contribution in [2.75, 3.05) is 13.1 Å². The maximum absolute atomic E-state index is 13.1. The van der Waals surface area contributed by atoms with E-state index in [2.05, 4.69) is 12.2 Å². The van der Waals surface area contributed by atoms with Crippen molar-refractivity contribution in [2.24, 2.45) is 5.92 Å². The molecule has 1 aliphatic heterocycles. The van der Waals surface area contributed by atoms with E-state index in [1.54, 1.807) is 38.1 Å². The molecule has 0 amide bonds. The van der Waals surface area contributed by atoms with E-state index in [1.807, 2.05) is 83.3 Å². The number of esters is 3. The number of hydrogen-bond donors (Lipinski definition) is 1. The van der Waals surface area contributed by atoms with E-state index in [1.165, 1.54) is 0 Å². The standard InChI is InChI=1S/C31H39I2NO6/c1-20(32)28(36)38-25-10-6-23(7-11-25)31(5,24-8-12-26(13-9-24)39-29(37)21(2)33)17-14-27(35)40-30(3,4)22-15-18-34-19-16-22/h6-13,20-22,34H,14-19H2,1-5H3/p+1. The van der Waals surface area contributed by atoms with Gasteiger partial charge >= 0.3 is 17.9 Å². The molecule has 0 spiro atoms. The van der Waals surface area contributed by atoms with Crippen LogP contribution in [-0.2, 0) is 24.5 Å². The van der Waals surface area contributed by atoms with E-state index in [0.29, 0.717) is 23.8 Å². The fourth-order valence-corrected chi connectivity index (χ4v) is 5.29. The van der Waals surface area contributed by atoms with Crippen molar-refractivity contribution < 1.29 is 33.9 Å². The Labute approximate surface area is 264 Å². The Balaban J connectivity index is 1.82. The molecule has 0 radical (unpaired) electrons. The predicted octanol–water partition coefficient (Wildman–Crippen LogP) is 5.53. The molecule has 0 bridgehead atoms. The summed E-state index contributed by atoms with van der Waals surface area (Å²) in [5, 5.41) is 2.31. The zero-order valence-electron chi connectivity index (χ0n) is 23.9. The molecule has 1 heterocycles. The summed E-state index contributed by atoms with van der Waals surface area (Å²) in [5.41, 5.74) is 0.872. The van der Waals surface area contributed by atoms with Crippen molar-refractivity contribution >= 4 is 63.1 Å². The number of ether oxygens (including phenoxy) is 3. The van der Waals surface area contributed by atoms with Gasteiger partial charge in [-0.1, -0.05) is 76.4 Å². The van der Waals surface area contributed by atoms with Crippen LogP contribution in [0.1, 0.15) is 71.4 Å². The van der Waals surface area contributed by atoms with Crippen LogP contribution in [-0.4, -0.2) is 44.4 Å². The molecule has 1 fully saturated rings. The maximum atomic E-state index is 13.1. The third-order valence-corrected chi connectivity index (χ3v) is 8.71. The molecule has 2 atom stereocenters. The molecule has 2 N–H and O–H groups in total. The summed E-state index contributed by atoms with van der Waals surface area (Å²) in [6.07, 6.45) is 2.83. The van der Waals surface area contributed by atoms with Crippen LogP contribution in [0.15, 0.2) is 48.5 Å². The number of carbonyl (C=O) groups excluding carboxylic acids is 3. The van der Waals surface area contributed by atoms with Crippen molar-refractivity contribution in [2.45, 2.75) is 79.2 Å². The lowest BCUT2D eigenvalue weighted by atomic mass is 9.73. The first-order valence-corrected chi connectivity index (χ1v) is 16.3. The minimum Gasteiger partial charge on any atom is -0.459 e. The molecule has 1 saturated heterocycles.